The fraction of sp³-hybridized carbons (Fsp3) is 1.00. The van der Waals surface area contributed by atoms with Crippen LogP contribution < -0.4 is 5.32 Å². The number of hydrogen-bond donors (Lipinski definition) is 1. The second-order valence-electron chi connectivity index (χ2n) is 6.91. The first kappa shape index (κ1) is 14.0. The van der Waals surface area contributed by atoms with E-state index in [1.165, 1.54) is 25.7 Å². The van der Waals surface area contributed by atoms with Gasteiger partial charge in [0, 0.05) is 12.1 Å². The molecule has 1 fully saturated rings. The number of nitrogens with one attached hydrogen (secondary N) is 1. The van der Waals surface area contributed by atoms with Crippen LogP contribution >= 0.6 is 0 Å². The molecule has 1 rings (SSSR count). The van der Waals surface area contributed by atoms with Gasteiger partial charge in [0.05, 0.1) is 12.7 Å². The van der Waals surface area contributed by atoms with Crippen molar-refractivity contribution in [2.75, 3.05) is 13.2 Å². The van der Waals surface area contributed by atoms with E-state index in [1.54, 1.807) is 0 Å². The Labute approximate surface area is 101 Å². The maximum atomic E-state index is 5.91. The average molecular weight is 227 g/mol. The molecule has 1 N–H and O–H groups in total. The van der Waals surface area contributed by atoms with Crippen LogP contribution in [0, 0.1) is 5.41 Å². The van der Waals surface area contributed by atoms with E-state index in [2.05, 4.69) is 39.9 Å². The summed E-state index contributed by atoms with van der Waals surface area (Å²) in [5.41, 5.74) is 0.751. The fourth-order valence-corrected chi connectivity index (χ4v) is 2.19. The lowest BCUT2D eigenvalue weighted by Crippen LogP contribution is -2.38. The lowest BCUT2D eigenvalue weighted by molar-refractivity contribution is 0.00455. The Hall–Kier alpha value is -0.0800. The molecule has 0 aromatic rings. The summed E-state index contributed by atoms with van der Waals surface area (Å²) in [6, 6.07) is 0. The Morgan fingerprint density at radius 2 is 1.75 bits per heavy atom. The zero-order chi connectivity index (χ0) is 12.2. The number of hydrogen-bond acceptors (Lipinski definition) is 2. The van der Waals surface area contributed by atoms with Crippen molar-refractivity contribution in [2.45, 2.75) is 71.9 Å². The summed E-state index contributed by atoms with van der Waals surface area (Å²) in [6.07, 6.45) is 5.61. The molecule has 0 aliphatic heterocycles. The highest BCUT2D eigenvalue weighted by molar-refractivity contribution is 4.79. The first-order chi connectivity index (χ1) is 7.29. The zero-order valence-electron chi connectivity index (χ0n) is 11.7. The van der Waals surface area contributed by atoms with Crippen LogP contribution in [0.3, 0.4) is 0 Å². The summed E-state index contributed by atoms with van der Waals surface area (Å²) in [5.74, 6) is 0. The second-order valence-corrected chi connectivity index (χ2v) is 6.91. The summed E-state index contributed by atoms with van der Waals surface area (Å²) < 4.78 is 5.91. The molecule has 0 aromatic carbocycles. The summed E-state index contributed by atoms with van der Waals surface area (Å²) in [6.45, 7) is 13.1. The van der Waals surface area contributed by atoms with Crippen molar-refractivity contribution < 1.29 is 4.74 Å². The van der Waals surface area contributed by atoms with Crippen molar-refractivity contribution in [1.29, 1.82) is 0 Å². The van der Waals surface area contributed by atoms with E-state index in [4.69, 9.17) is 4.74 Å². The van der Waals surface area contributed by atoms with Crippen LogP contribution in [0.15, 0.2) is 0 Å². The van der Waals surface area contributed by atoms with Gasteiger partial charge in [0.1, 0.15) is 0 Å². The first-order valence-corrected chi connectivity index (χ1v) is 6.65. The molecule has 1 aliphatic carbocycles. The Kier molecular flexibility index (Phi) is 4.81. The van der Waals surface area contributed by atoms with Crippen molar-refractivity contribution in [3.8, 4) is 0 Å². The van der Waals surface area contributed by atoms with Crippen molar-refractivity contribution in [3.05, 3.63) is 0 Å². The van der Waals surface area contributed by atoms with Crippen molar-refractivity contribution >= 4 is 0 Å². The summed E-state index contributed by atoms with van der Waals surface area (Å²) in [7, 11) is 0. The van der Waals surface area contributed by atoms with Gasteiger partial charge in [0.2, 0.25) is 0 Å². The SMILES string of the molecule is CC1(C)CCC(OCCNC(C)(C)C)CC1. The van der Waals surface area contributed by atoms with E-state index in [-0.39, 0.29) is 5.54 Å². The van der Waals surface area contributed by atoms with Crippen molar-refractivity contribution in [2.24, 2.45) is 5.41 Å². The Bertz CT molecular complexity index is 195. The van der Waals surface area contributed by atoms with Crippen molar-refractivity contribution in [3.63, 3.8) is 0 Å². The molecule has 16 heavy (non-hydrogen) atoms. The van der Waals surface area contributed by atoms with Crippen LogP contribution in [0.4, 0.5) is 0 Å². The molecule has 1 saturated carbocycles. The Morgan fingerprint density at radius 3 is 2.25 bits per heavy atom. The third-order valence-electron chi connectivity index (χ3n) is 3.40. The highest BCUT2D eigenvalue weighted by atomic mass is 16.5. The smallest absolute Gasteiger partial charge is 0.0594 e. The van der Waals surface area contributed by atoms with E-state index >= 15 is 0 Å². The molecule has 96 valence electrons. The quantitative estimate of drug-likeness (QED) is 0.744. The molecule has 0 heterocycles. The molecule has 0 atom stereocenters. The Balaban J connectivity index is 2.07. The van der Waals surface area contributed by atoms with Gasteiger partial charge in [-0.1, -0.05) is 13.8 Å². The number of rotatable bonds is 4. The minimum atomic E-state index is 0.206. The highest BCUT2D eigenvalue weighted by Crippen LogP contribution is 2.35. The van der Waals surface area contributed by atoms with E-state index in [0.717, 1.165) is 13.2 Å². The van der Waals surface area contributed by atoms with Crippen LogP contribution in [0.1, 0.15) is 60.3 Å². The maximum absolute atomic E-state index is 5.91. The van der Waals surface area contributed by atoms with Gasteiger partial charge in [-0.3, -0.25) is 0 Å². The van der Waals surface area contributed by atoms with Gasteiger partial charge in [-0.15, -0.1) is 0 Å². The van der Waals surface area contributed by atoms with Gasteiger partial charge in [-0.25, -0.2) is 0 Å². The van der Waals surface area contributed by atoms with E-state index in [0.29, 0.717) is 11.5 Å². The molecule has 1 aliphatic rings. The van der Waals surface area contributed by atoms with Gasteiger partial charge in [0.15, 0.2) is 0 Å². The standard InChI is InChI=1S/C14H29NO/c1-13(2,3)15-10-11-16-12-6-8-14(4,5)9-7-12/h12,15H,6-11H2,1-5H3. The second kappa shape index (κ2) is 5.50. The molecule has 2 nitrogen and oxygen atoms in total. The molecule has 0 unspecified atom stereocenters. The predicted octanol–water partition coefficient (Wildman–Crippen LogP) is 3.36. The molecule has 2 heteroatoms. The maximum Gasteiger partial charge on any atom is 0.0594 e. The minimum absolute atomic E-state index is 0.206. The molecular weight excluding hydrogens is 198 g/mol. The molecule has 0 saturated heterocycles. The summed E-state index contributed by atoms with van der Waals surface area (Å²) >= 11 is 0. The predicted molar refractivity (Wildman–Crippen MR) is 69.7 cm³/mol. The van der Waals surface area contributed by atoms with E-state index < -0.39 is 0 Å². The normalized spacial score (nSPS) is 22.3. The first-order valence-electron chi connectivity index (χ1n) is 6.65. The minimum Gasteiger partial charge on any atom is -0.377 e. The summed E-state index contributed by atoms with van der Waals surface area (Å²) in [5, 5.41) is 3.45. The van der Waals surface area contributed by atoms with E-state index in [9.17, 15) is 0 Å². The summed E-state index contributed by atoms with van der Waals surface area (Å²) in [4.78, 5) is 0. The van der Waals surface area contributed by atoms with Crippen LogP contribution in [0.2, 0.25) is 0 Å². The Morgan fingerprint density at radius 1 is 1.19 bits per heavy atom. The molecule has 0 spiro atoms. The van der Waals surface area contributed by atoms with Crippen molar-refractivity contribution in [1.82, 2.24) is 5.32 Å². The van der Waals surface area contributed by atoms with Crippen LogP contribution in [-0.4, -0.2) is 24.8 Å². The van der Waals surface area contributed by atoms with Crippen LogP contribution in [0.25, 0.3) is 0 Å². The van der Waals surface area contributed by atoms with Gasteiger partial charge >= 0.3 is 0 Å². The fourth-order valence-electron chi connectivity index (χ4n) is 2.19. The topological polar surface area (TPSA) is 21.3 Å². The molecular formula is C14H29NO. The zero-order valence-corrected chi connectivity index (χ0v) is 11.7. The van der Waals surface area contributed by atoms with Crippen LogP contribution in [-0.2, 0) is 4.74 Å². The molecule has 0 aromatic heterocycles. The monoisotopic (exact) mass is 227 g/mol. The van der Waals surface area contributed by atoms with Gasteiger partial charge in [-0.05, 0) is 51.9 Å². The number of ether oxygens (including phenoxy) is 1. The molecule has 0 radical (unpaired) electrons. The third-order valence-corrected chi connectivity index (χ3v) is 3.40. The lowest BCUT2D eigenvalue weighted by Gasteiger charge is -2.34. The molecule has 0 bridgehead atoms. The van der Waals surface area contributed by atoms with Crippen LogP contribution in [0.5, 0.6) is 0 Å². The highest BCUT2D eigenvalue weighted by Gasteiger charge is 2.26. The van der Waals surface area contributed by atoms with Gasteiger partial charge < -0.3 is 10.1 Å². The molecule has 0 amide bonds. The van der Waals surface area contributed by atoms with Gasteiger partial charge in [0.25, 0.3) is 0 Å². The third kappa shape index (κ3) is 5.86. The average Bonchev–Trinajstić information content (AvgIpc) is 2.13. The van der Waals surface area contributed by atoms with E-state index in [1.807, 2.05) is 0 Å². The lowest BCUT2D eigenvalue weighted by atomic mass is 9.76. The largest absolute Gasteiger partial charge is 0.377 e. The van der Waals surface area contributed by atoms with Gasteiger partial charge in [-0.2, -0.15) is 0 Å².